The number of benzene rings is 2. The van der Waals surface area contributed by atoms with Gasteiger partial charge in [-0.2, -0.15) is 4.98 Å². The molecule has 3 heterocycles. The molecule has 0 aliphatic carbocycles. The van der Waals surface area contributed by atoms with Gasteiger partial charge in [-0.1, -0.05) is 53.9 Å². The van der Waals surface area contributed by atoms with Crippen LogP contribution in [0, 0.1) is 5.92 Å². The second-order valence-corrected chi connectivity index (χ2v) is 10.7. The Morgan fingerprint density at radius 2 is 1.62 bits per heavy atom. The molecule has 0 spiro atoms. The zero-order valence-corrected chi connectivity index (χ0v) is 22.1. The normalized spacial score (nSPS) is 18.0. The van der Waals surface area contributed by atoms with Gasteiger partial charge in [0.15, 0.2) is 0 Å². The fourth-order valence-electron chi connectivity index (χ4n) is 5.30. The highest BCUT2D eigenvalue weighted by atomic mass is 35.5. The number of hydrogen-bond donors (Lipinski definition) is 1. The zero-order valence-electron chi connectivity index (χ0n) is 21.4. The molecule has 2 aliphatic heterocycles. The van der Waals surface area contributed by atoms with Gasteiger partial charge in [0, 0.05) is 29.6 Å². The van der Waals surface area contributed by atoms with Crippen LogP contribution < -0.4 is 5.32 Å². The first kappa shape index (κ1) is 25.9. The average Bonchev–Trinajstić information content (AvgIpc) is 3.23. The largest absolute Gasteiger partial charge is 0.352 e. The van der Waals surface area contributed by atoms with E-state index >= 15 is 0 Å². The van der Waals surface area contributed by atoms with E-state index in [0.717, 1.165) is 38.0 Å². The van der Waals surface area contributed by atoms with Crippen molar-refractivity contribution in [3.8, 4) is 11.4 Å². The Balaban J connectivity index is 1.05. The summed E-state index contributed by atoms with van der Waals surface area (Å²) >= 11 is 5.96. The van der Waals surface area contributed by atoms with Crippen LogP contribution in [0.25, 0.3) is 11.4 Å². The Morgan fingerprint density at radius 3 is 2.38 bits per heavy atom. The van der Waals surface area contributed by atoms with Gasteiger partial charge >= 0.3 is 0 Å². The Kier molecular flexibility index (Phi) is 8.87. The number of hydrogen-bond acceptors (Lipinski definition) is 6. The third-order valence-electron chi connectivity index (χ3n) is 7.45. The molecule has 2 aromatic carbocycles. The van der Waals surface area contributed by atoms with Gasteiger partial charge in [0.2, 0.25) is 17.6 Å². The average molecular weight is 522 g/mol. The lowest BCUT2D eigenvalue weighted by Crippen LogP contribution is -2.40. The molecular formula is C29H36ClN5O2. The number of nitrogens with one attached hydrogen (secondary N) is 1. The highest BCUT2D eigenvalue weighted by molar-refractivity contribution is 6.30. The van der Waals surface area contributed by atoms with Crippen molar-refractivity contribution in [2.24, 2.45) is 5.92 Å². The van der Waals surface area contributed by atoms with Crippen molar-refractivity contribution >= 4 is 17.5 Å². The van der Waals surface area contributed by atoms with Crippen LogP contribution in [-0.2, 0) is 24.4 Å². The predicted molar refractivity (Wildman–Crippen MR) is 145 cm³/mol. The van der Waals surface area contributed by atoms with Gasteiger partial charge < -0.3 is 9.84 Å². The molecule has 0 radical (unpaired) electrons. The van der Waals surface area contributed by atoms with Crippen LogP contribution in [0.2, 0.25) is 5.02 Å². The molecule has 1 aromatic heterocycles. The summed E-state index contributed by atoms with van der Waals surface area (Å²) in [6.07, 6.45) is 6.97. The lowest BCUT2D eigenvalue weighted by molar-refractivity contribution is -0.126. The van der Waals surface area contributed by atoms with Crippen molar-refractivity contribution in [3.05, 3.63) is 70.6 Å². The molecule has 2 saturated heterocycles. The lowest BCUT2D eigenvalue weighted by atomic mass is 9.96. The first-order chi connectivity index (χ1) is 18.1. The van der Waals surface area contributed by atoms with Crippen LogP contribution >= 0.6 is 11.6 Å². The summed E-state index contributed by atoms with van der Waals surface area (Å²) in [5.41, 5.74) is 3.38. The van der Waals surface area contributed by atoms with Crippen LogP contribution in [0.4, 0.5) is 0 Å². The minimum Gasteiger partial charge on any atom is -0.352 e. The van der Waals surface area contributed by atoms with Gasteiger partial charge in [-0.25, -0.2) is 0 Å². The van der Waals surface area contributed by atoms with E-state index in [2.05, 4.69) is 49.5 Å². The smallest absolute Gasteiger partial charge is 0.241 e. The summed E-state index contributed by atoms with van der Waals surface area (Å²) < 4.78 is 5.46. The van der Waals surface area contributed by atoms with Gasteiger partial charge in [-0.3, -0.25) is 14.6 Å². The number of amides is 1. The second kappa shape index (κ2) is 12.7. The van der Waals surface area contributed by atoms with Crippen LogP contribution in [0.1, 0.15) is 55.5 Å². The third kappa shape index (κ3) is 7.40. The van der Waals surface area contributed by atoms with E-state index in [4.69, 9.17) is 16.1 Å². The molecule has 2 fully saturated rings. The van der Waals surface area contributed by atoms with Crippen LogP contribution in [0.15, 0.2) is 53.1 Å². The van der Waals surface area contributed by atoms with Crippen molar-refractivity contribution in [3.63, 3.8) is 0 Å². The van der Waals surface area contributed by atoms with Crippen molar-refractivity contribution in [1.82, 2.24) is 25.3 Å². The van der Waals surface area contributed by atoms with Crippen molar-refractivity contribution in [1.29, 1.82) is 0 Å². The Bertz CT molecular complexity index is 1150. The maximum Gasteiger partial charge on any atom is 0.241 e. The molecular weight excluding hydrogens is 486 g/mol. The van der Waals surface area contributed by atoms with E-state index in [0.29, 0.717) is 29.8 Å². The Labute approximate surface area is 224 Å². The highest BCUT2D eigenvalue weighted by Gasteiger charge is 2.26. The summed E-state index contributed by atoms with van der Waals surface area (Å²) in [6.45, 7) is 6.23. The van der Waals surface area contributed by atoms with Gasteiger partial charge in [0.25, 0.3) is 0 Å². The Morgan fingerprint density at radius 1 is 0.919 bits per heavy atom. The fourth-order valence-corrected chi connectivity index (χ4v) is 5.43. The van der Waals surface area contributed by atoms with E-state index in [9.17, 15) is 4.79 Å². The van der Waals surface area contributed by atoms with Crippen LogP contribution in [-0.4, -0.2) is 52.0 Å². The first-order valence-electron chi connectivity index (χ1n) is 13.5. The SMILES string of the molecule is O=C(NCc1cccc(CN2CCCCCC2)c1)C1CCN(Cc2nc(-c3ccc(Cl)cc3)no2)CC1. The van der Waals surface area contributed by atoms with Crippen LogP contribution in [0.3, 0.4) is 0 Å². The van der Waals surface area contributed by atoms with Crippen molar-refractivity contribution < 1.29 is 9.32 Å². The van der Waals surface area contributed by atoms with E-state index in [-0.39, 0.29) is 11.8 Å². The van der Waals surface area contributed by atoms with E-state index < -0.39 is 0 Å². The minimum atomic E-state index is 0.0452. The van der Waals surface area contributed by atoms with Gasteiger partial charge in [-0.05, 0) is 87.3 Å². The minimum absolute atomic E-state index is 0.0452. The number of nitrogens with zero attached hydrogens (tertiary/aromatic N) is 4. The van der Waals surface area contributed by atoms with Gasteiger partial charge in [-0.15, -0.1) is 0 Å². The third-order valence-corrected chi connectivity index (χ3v) is 7.70. The van der Waals surface area contributed by atoms with E-state index in [1.165, 1.54) is 49.9 Å². The molecule has 0 unspecified atom stereocenters. The fraction of sp³-hybridized carbons (Fsp3) is 0.483. The monoisotopic (exact) mass is 521 g/mol. The molecule has 1 N–H and O–H groups in total. The number of rotatable bonds is 8. The van der Waals surface area contributed by atoms with E-state index in [1.54, 1.807) is 0 Å². The molecule has 3 aromatic rings. The lowest BCUT2D eigenvalue weighted by Gasteiger charge is -2.30. The first-order valence-corrected chi connectivity index (χ1v) is 13.9. The molecule has 37 heavy (non-hydrogen) atoms. The molecule has 8 heteroatoms. The topological polar surface area (TPSA) is 74.5 Å². The van der Waals surface area contributed by atoms with Crippen molar-refractivity contribution in [2.45, 2.75) is 58.2 Å². The molecule has 0 atom stereocenters. The van der Waals surface area contributed by atoms with Crippen LogP contribution in [0.5, 0.6) is 0 Å². The second-order valence-electron chi connectivity index (χ2n) is 10.3. The molecule has 7 nitrogen and oxygen atoms in total. The molecule has 1 amide bonds. The maximum absolute atomic E-state index is 12.9. The number of piperidine rings is 1. The zero-order chi connectivity index (χ0) is 25.5. The predicted octanol–water partition coefficient (Wildman–Crippen LogP) is 5.29. The molecule has 0 saturated carbocycles. The molecule has 2 aliphatic rings. The summed E-state index contributed by atoms with van der Waals surface area (Å²) in [5, 5.41) is 7.95. The van der Waals surface area contributed by atoms with Gasteiger partial charge in [0.05, 0.1) is 6.54 Å². The standard InChI is InChI=1S/C29H36ClN5O2/c30-26-10-8-24(9-11-26)28-32-27(37-33-28)21-35-16-12-25(13-17-35)29(36)31-19-22-6-5-7-23(18-22)20-34-14-3-1-2-4-15-34/h5-11,18,25H,1-4,12-17,19-21H2,(H,31,36). The number of halogens is 1. The molecule has 0 bridgehead atoms. The maximum atomic E-state index is 12.9. The van der Waals surface area contributed by atoms with E-state index in [1.807, 2.05) is 24.3 Å². The molecule has 196 valence electrons. The quantitative estimate of drug-likeness (QED) is 0.434. The summed E-state index contributed by atoms with van der Waals surface area (Å²) in [6, 6.07) is 16.1. The Hall–Kier alpha value is -2.74. The summed E-state index contributed by atoms with van der Waals surface area (Å²) in [5.74, 6) is 1.36. The molecule has 5 rings (SSSR count). The number of carbonyl (C=O) groups is 1. The number of likely N-dealkylation sites (tertiary alicyclic amines) is 2. The number of aromatic nitrogens is 2. The van der Waals surface area contributed by atoms with Gasteiger partial charge in [0.1, 0.15) is 0 Å². The number of carbonyl (C=O) groups excluding carboxylic acids is 1. The summed E-state index contributed by atoms with van der Waals surface area (Å²) in [7, 11) is 0. The highest BCUT2D eigenvalue weighted by Crippen LogP contribution is 2.22. The van der Waals surface area contributed by atoms with Crippen molar-refractivity contribution in [2.75, 3.05) is 26.2 Å². The summed E-state index contributed by atoms with van der Waals surface area (Å²) in [4.78, 5) is 22.2.